The molecule has 3 nitrogen and oxygen atoms in total. The van der Waals surface area contributed by atoms with Crippen LogP contribution >= 0.6 is 0 Å². The summed E-state index contributed by atoms with van der Waals surface area (Å²) in [7, 11) is 2.03. The summed E-state index contributed by atoms with van der Waals surface area (Å²) in [6.07, 6.45) is 1.72. The summed E-state index contributed by atoms with van der Waals surface area (Å²) in [6.45, 7) is 1.83. The number of likely N-dealkylation sites (tertiary alicyclic amines) is 1. The Morgan fingerprint density at radius 2 is 2.06 bits per heavy atom. The van der Waals surface area contributed by atoms with E-state index in [4.69, 9.17) is 0 Å². The highest BCUT2D eigenvalue weighted by atomic mass is 16.1. The van der Waals surface area contributed by atoms with E-state index < -0.39 is 0 Å². The fourth-order valence-corrected chi connectivity index (χ4v) is 2.11. The van der Waals surface area contributed by atoms with Crippen LogP contribution in [0.25, 0.3) is 0 Å². The molecule has 0 spiro atoms. The average molecular weight is 217 g/mol. The first kappa shape index (κ1) is 11.0. The molecule has 1 fully saturated rings. The minimum Gasteiger partial charge on any atom is -0.306 e. The van der Waals surface area contributed by atoms with E-state index in [1.54, 1.807) is 24.3 Å². The molecule has 1 aliphatic rings. The van der Waals surface area contributed by atoms with Crippen LogP contribution in [0, 0.1) is 5.92 Å². The highest BCUT2D eigenvalue weighted by Gasteiger charge is 2.26. The number of carbonyl (C=O) groups is 2. The monoisotopic (exact) mass is 217 g/mol. The number of carbonyl (C=O) groups excluding carboxylic acids is 2. The van der Waals surface area contributed by atoms with Crippen LogP contribution in [0.2, 0.25) is 0 Å². The summed E-state index contributed by atoms with van der Waals surface area (Å²) in [5, 5.41) is 0. The lowest BCUT2D eigenvalue weighted by Gasteiger charge is -2.09. The van der Waals surface area contributed by atoms with Crippen LogP contribution in [0.1, 0.15) is 27.1 Å². The molecule has 1 saturated heterocycles. The van der Waals surface area contributed by atoms with Crippen molar-refractivity contribution in [3.63, 3.8) is 0 Å². The third-order valence-corrected chi connectivity index (χ3v) is 3.09. The van der Waals surface area contributed by atoms with Gasteiger partial charge in [0.2, 0.25) is 0 Å². The molecule has 1 aromatic rings. The van der Waals surface area contributed by atoms with E-state index in [1.165, 1.54) is 0 Å². The number of ketones is 1. The minimum absolute atomic E-state index is 0.118. The molecule has 0 bridgehead atoms. The number of nitrogens with zero attached hydrogens (tertiary/aromatic N) is 1. The van der Waals surface area contributed by atoms with Crippen LogP contribution < -0.4 is 0 Å². The summed E-state index contributed by atoms with van der Waals surface area (Å²) in [5.41, 5.74) is 1.32. The van der Waals surface area contributed by atoms with Crippen LogP contribution in [-0.2, 0) is 0 Å². The van der Waals surface area contributed by atoms with Gasteiger partial charge in [-0.05, 0) is 20.0 Å². The van der Waals surface area contributed by atoms with Crippen molar-refractivity contribution in [3.05, 3.63) is 35.4 Å². The molecule has 1 aliphatic heterocycles. The van der Waals surface area contributed by atoms with Gasteiger partial charge in [-0.2, -0.15) is 0 Å². The SMILES string of the molecule is CN1CCC(C(=O)c2ccc(C=O)cc2)C1. The van der Waals surface area contributed by atoms with Crippen LogP contribution in [0.4, 0.5) is 0 Å². The molecular formula is C13H15NO2. The van der Waals surface area contributed by atoms with Crippen molar-refractivity contribution >= 4 is 12.1 Å². The van der Waals surface area contributed by atoms with E-state index >= 15 is 0 Å². The Hall–Kier alpha value is -1.48. The van der Waals surface area contributed by atoms with Crippen molar-refractivity contribution < 1.29 is 9.59 Å². The number of aldehydes is 1. The van der Waals surface area contributed by atoms with Gasteiger partial charge in [0.25, 0.3) is 0 Å². The van der Waals surface area contributed by atoms with Crippen molar-refractivity contribution in [3.8, 4) is 0 Å². The van der Waals surface area contributed by atoms with Crippen molar-refractivity contribution in [2.24, 2.45) is 5.92 Å². The Kier molecular flexibility index (Phi) is 3.15. The van der Waals surface area contributed by atoms with E-state index in [0.29, 0.717) is 11.1 Å². The third kappa shape index (κ3) is 2.19. The molecule has 2 rings (SSSR count). The lowest BCUT2D eigenvalue weighted by atomic mass is 9.96. The molecule has 0 amide bonds. The summed E-state index contributed by atoms with van der Waals surface area (Å²) < 4.78 is 0. The predicted octanol–water partition coefficient (Wildman–Crippen LogP) is 1.63. The Morgan fingerprint density at radius 3 is 2.56 bits per heavy atom. The zero-order chi connectivity index (χ0) is 11.5. The Bertz CT molecular complexity index is 397. The molecule has 1 unspecified atom stereocenters. The summed E-state index contributed by atoms with van der Waals surface area (Å²) >= 11 is 0. The van der Waals surface area contributed by atoms with Crippen LogP contribution in [0.5, 0.6) is 0 Å². The first-order chi connectivity index (χ1) is 7.70. The normalized spacial score (nSPS) is 20.9. The molecule has 0 saturated carbocycles. The van der Waals surface area contributed by atoms with E-state index in [1.807, 2.05) is 7.05 Å². The van der Waals surface area contributed by atoms with Crippen molar-refractivity contribution in [2.45, 2.75) is 6.42 Å². The average Bonchev–Trinajstić information content (AvgIpc) is 2.75. The molecule has 84 valence electrons. The maximum Gasteiger partial charge on any atom is 0.167 e. The smallest absolute Gasteiger partial charge is 0.167 e. The topological polar surface area (TPSA) is 37.4 Å². The Morgan fingerprint density at radius 1 is 1.38 bits per heavy atom. The zero-order valence-corrected chi connectivity index (χ0v) is 9.35. The Balaban J connectivity index is 2.11. The molecular weight excluding hydrogens is 202 g/mol. The zero-order valence-electron chi connectivity index (χ0n) is 9.35. The molecule has 0 aromatic heterocycles. The molecule has 0 radical (unpaired) electrons. The third-order valence-electron chi connectivity index (χ3n) is 3.09. The standard InChI is InChI=1S/C13H15NO2/c1-14-7-6-12(8-14)13(16)11-4-2-10(9-15)3-5-11/h2-5,9,12H,6-8H2,1H3. The quantitative estimate of drug-likeness (QED) is 0.570. The lowest BCUT2D eigenvalue weighted by Crippen LogP contribution is -2.19. The largest absolute Gasteiger partial charge is 0.306 e. The summed E-state index contributed by atoms with van der Waals surface area (Å²) in [5.74, 6) is 0.314. The van der Waals surface area contributed by atoms with Gasteiger partial charge < -0.3 is 4.90 Å². The van der Waals surface area contributed by atoms with Gasteiger partial charge in [0.1, 0.15) is 6.29 Å². The van der Waals surface area contributed by atoms with Crippen molar-refractivity contribution in [1.29, 1.82) is 0 Å². The van der Waals surface area contributed by atoms with E-state index in [9.17, 15) is 9.59 Å². The van der Waals surface area contributed by atoms with Crippen LogP contribution in [0.15, 0.2) is 24.3 Å². The molecule has 0 aliphatic carbocycles. The van der Waals surface area contributed by atoms with Gasteiger partial charge in [-0.25, -0.2) is 0 Å². The molecule has 1 heterocycles. The molecule has 1 aromatic carbocycles. The van der Waals surface area contributed by atoms with E-state index in [0.717, 1.165) is 25.8 Å². The van der Waals surface area contributed by atoms with Crippen molar-refractivity contribution in [1.82, 2.24) is 4.90 Å². The molecule has 16 heavy (non-hydrogen) atoms. The fourth-order valence-electron chi connectivity index (χ4n) is 2.11. The van der Waals surface area contributed by atoms with Gasteiger partial charge in [0, 0.05) is 23.6 Å². The fraction of sp³-hybridized carbons (Fsp3) is 0.385. The Labute approximate surface area is 95.1 Å². The first-order valence-corrected chi connectivity index (χ1v) is 5.48. The number of hydrogen-bond acceptors (Lipinski definition) is 3. The van der Waals surface area contributed by atoms with Gasteiger partial charge in [0.15, 0.2) is 5.78 Å². The summed E-state index contributed by atoms with van der Waals surface area (Å²) in [4.78, 5) is 24.7. The molecule has 1 atom stereocenters. The maximum atomic E-state index is 12.1. The van der Waals surface area contributed by atoms with Crippen LogP contribution in [-0.4, -0.2) is 37.1 Å². The van der Waals surface area contributed by atoms with E-state index in [-0.39, 0.29) is 11.7 Å². The van der Waals surface area contributed by atoms with Gasteiger partial charge in [-0.3, -0.25) is 9.59 Å². The first-order valence-electron chi connectivity index (χ1n) is 5.48. The second-order valence-corrected chi connectivity index (χ2v) is 4.35. The van der Waals surface area contributed by atoms with Crippen LogP contribution in [0.3, 0.4) is 0 Å². The van der Waals surface area contributed by atoms with E-state index in [2.05, 4.69) is 4.90 Å². The number of rotatable bonds is 3. The second-order valence-electron chi connectivity index (χ2n) is 4.35. The number of Topliss-reactive ketones (excluding diaryl/α,β-unsaturated/α-hetero) is 1. The predicted molar refractivity (Wildman–Crippen MR) is 61.8 cm³/mol. The molecule has 0 N–H and O–H groups in total. The summed E-state index contributed by atoms with van der Waals surface area (Å²) in [6, 6.07) is 6.87. The number of benzene rings is 1. The van der Waals surface area contributed by atoms with Gasteiger partial charge in [-0.15, -0.1) is 0 Å². The van der Waals surface area contributed by atoms with Gasteiger partial charge in [0.05, 0.1) is 0 Å². The van der Waals surface area contributed by atoms with Gasteiger partial charge in [-0.1, -0.05) is 24.3 Å². The highest BCUT2D eigenvalue weighted by Crippen LogP contribution is 2.19. The molecule has 3 heteroatoms. The highest BCUT2D eigenvalue weighted by molar-refractivity contribution is 5.98. The second kappa shape index (κ2) is 4.58. The van der Waals surface area contributed by atoms with Gasteiger partial charge >= 0.3 is 0 Å². The maximum absolute atomic E-state index is 12.1. The van der Waals surface area contributed by atoms with Crippen molar-refractivity contribution in [2.75, 3.05) is 20.1 Å². The number of hydrogen-bond donors (Lipinski definition) is 0. The minimum atomic E-state index is 0.118. The lowest BCUT2D eigenvalue weighted by molar-refractivity contribution is 0.0924.